The highest BCUT2D eigenvalue weighted by atomic mass is 16.2. The highest BCUT2D eigenvalue weighted by Crippen LogP contribution is 2.21. The number of aromatic nitrogens is 2. The van der Waals surface area contributed by atoms with Crippen molar-refractivity contribution >= 4 is 16.8 Å². The lowest BCUT2D eigenvalue weighted by molar-refractivity contribution is 0.0618. The van der Waals surface area contributed by atoms with Gasteiger partial charge in [0.05, 0.1) is 0 Å². The van der Waals surface area contributed by atoms with E-state index in [1.807, 2.05) is 35.4 Å². The SMILES string of the molecule is CCn1c(C(=O)N2CCN(Cc3cccnc3)CC2)cc2ccccc21. The molecule has 134 valence electrons. The molecule has 0 saturated carbocycles. The zero-order chi connectivity index (χ0) is 17.9. The van der Waals surface area contributed by atoms with E-state index < -0.39 is 0 Å². The molecule has 1 aliphatic heterocycles. The Hall–Kier alpha value is -2.66. The molecule has 0 N–H and O–H groups in total. The smallest absolute Gasteiger partial charge is 0.270 e. The van der Waals surface area contributed by atoms with Crippen molar-refractivity contribution < 1.29 is 4.79 Å². The Morgan fingerprint density at radius 1 is 1.08 bits per heavy atom. The Balaban J connectivity index is 1.45. The summed E-state index contributed by atoms with van der Waals surface area (Å²) in [4.78, 5) is 21.6. The third-order valence-electron chi connectivity index (χ3n) is 5.13. The number of piperazine rings is 1. The van der Waals surface area contributed by atoms with Crippen LogP contribution < -0.4 is 0 Å². The molecule has 0 radical (unpaired) electrons. The second-order valence-corrected chi connectivity index (χ2v) is 6.76. The average molecular weight is 348 g/mol. The first-order valence-corrected chi connectivity index (χ1v) is 9.25. The quantitative estimate of drug-likeness (QED) is 0.728. The highest BCUT2D eigenvalue weighted by Gasteiger charge is 2.25. The zero-order valence-corrected chi connectivity index (χ0v) is 15.1. The van der Waals surface area contributed by atoms with Crippen LogP contribution in [0.5, 0.6) is 0 Å². The van der Waals surface area contributed by atoms with E-state index in [9.17, 15) is 4.79 Å². The maximum absolute atomic E-state index is 13.1. The summed E-state index contributed by atoms with van der Waals surface area (Å²) in [5, 5.41) is 1.13. The Morgan fingerprint density at radius 3 is 2.62 bits per heavy atom. The van der Waals surface area contributed by atoms with Gasteiger partial charge in [0.15, 0.2) is 0 Å². The fourth-order valence-electron chi connectivity index (χ4n) is 3.75. The van der Waals surface area contributed by atoms with Crippen molar-refractivity contribution in [1.82, 2.24) is 19.4 Å². The molecule has 1 saturated heterocycles. The largest absolute Gasteiger partial charge is 0.337 e. The lowest BCUT2D eigenvalue weighted by atomic mass is 10.2. The molecule has 0 bridgehead atoms. The average Bonchev–Trinajstić information content (AvgIpc) is 3.07. The summed E-state index contributed by atoms with van der Waals surface area (Å²) in [5.41, 5.74) is 3.15. The van der Waals surface area contributed by atoms with E-state index in [1.54, 1.807) is 6.20 Å². The van der Waals surface area contributed by atoms with E-state index in [-0.39, 0.29) is 5.91 Å². The molecule has 5 heteroatoms. The molecular weight excluding hydrogens is 324 g/mol. The number of carbonyl (C=O) groups excluding carboxylic acids is 1. The van der Waals surface area contributed by atoms with Gasteiger partial charge in [0, 0.05) is 62.6 Å². The fourth-order valence-corrected chi connectivity index (χ4v) is 3.75. The van der Waals surface area contributed by atoms with Gasteiger partial charge in [-0.15, -0.1) is 0 Å². The van der Waals surface area contributed by atoms with Gasteiger partial charge in [0.2, 0.25) is 0 Å². The van der Waals surface area contributed by atoms with Gasteiger partial charge in [-0.2, -0.15) is 0 Å². The van der Waals surface area contributed by atoms with Gasteiger partial charge in [-0.25, -0.2) is 0 Å². The molecule has 0 aliphatic carbocycles. The standard InChI is InChI=1S/C21H24N4O/c1-2-25-19-8-4-3-7-18(19)14-20(25)21(26)24-12-10-23(11-13-24)16-17-6-5-9-22-15-17/h3-9,14-15H,2,10-13,16H2,1H3. The Labute approximate surface area is 153 Å². The summed E-state index contributed by atoms with van der Waals surface area (Å²) in [7, 11) is 0. The third kappa shape index (κ3) is 3.22. The number of pyridine rings is 1. The molecule has 5 nitrogen and oxygen atoms in total. The van der Waals surface area contributed by atoms with Gasteiger partial charge in [-0.05, 0) is 30.7 Å². The van der Waals surface area contributed by atoms with E-state index in [2.05, 4.69) is 39.6 Å². The summed E-state index contributed by atoms with van der Waals surface area (Å²) >= 11 is 0. The van der Waals surface area contributed by atoms with Crippen molar-refractivity contribution in [1.29, 1.82) is 0 Å². The van der Waals surface area contributed by atoms with Crippen LogP contribution in [0.1, 0.15) is 23.0 Å². The number of rotatable bonds is 4. The number of fused-ring (bicyclic) bond motifs is 1. The zero-order valence-electron chi connectivity index (χ0n) is 15.1. The first-order chi connectivity index (χ1) is 12.8. The van der Waals surface area contributed by atoms with Gasteiger partial charge in [-0.1, -0.05) is 24.3 Å². The van der Waals surface area contributed by atoms with Crippen LogP contribution in [0.15, 0.2) is 54.9 Å². The number of amides is 1. The van der Waals surface area contributed by atoms with Crippen molar-refractivity contribution in [2.75, 3.05) is 26.2 Å². The number of hydrogen-bond donors (Lipinski definition) is 0. The van der Waals surface area contributed by atoms with Gasteiger partial charge < -0.3 is 9.47 Å². The third-order valence-corrected chi connectivity index (χ3v) is 5.13. The summed E-state index contributed by atoms with van der Waals surface area (Å²) in [6, 6.07) is 14.3. The van der Waals surface area contributed by atoms with Crippen LogP contribution in [0.4, 0.5) is 0 Å². The van der Waals surface area contributed by atoms with Gasteiger partial charge in [0.1, 0.15) is 5.69 Å². The van der Waals surface area contributed by atoms with Crippen LogP contribution in [0.25, 0.3) is 10.9 Å². The van der Waals surface area contributed by atoms with Crippen molar-refractivity contribution in [3.8, 4) is 0 Å². The van der Waals surface area contributed by atoms with Crippen molar-refractivity contribution in [2.45, 2.75) is 20.0 Å². The molecule has 1 aromatic carbocycles. The topological polar surface area (TPSA) is 41.4 Å². The Morgan fingerprint density at radius 2 is 1.88 bits per heavy atom. The van der Waals surface area contributed by atoms with Crippen LogP contribution >= 0.6 is 0 Å². The minimum atomic E-state index is 0.143. The molecule has 1 aliphatic rings. The summed E-state index contributed by atoms with van der Waals surface area (Å²) in [6.45, 7) is 7.12. The lowest BCUT2D eigenvalue weighted by Crippen LogP contribution is -2.48. The Kier molecular flexibility index (Phi) is 4.71. The molecule has 1 amide bonds. The monoisotopic (exact) mass is 348 g/mol. The minimum absolute atomic E-state index is 0.143. The van der Waals surface area contributed by atoms with Crippen LogP contribution in [-0.4, -0.2) is 51.4 Å². The predicted molar refractivity (Wildman–Crippen MR) is 103 cm³/mol. The second-order valence-electron chi connectivity index (χ2n) is 6.76. The van der Waals surface area contributed by atoms with Crippen molar-refractivity contribution in [2.24, 2.45) is 0 Å². The van der Waals surface area contributed by atoms with Gasteiger partial charge >= 0.3 is 0 Å². The van der Waals surface area contributed by atoms with Crippen molar-refractivity contribution in [3.63, 3.8) is 0 Å². The van der Waals surface area contributed by atoms with E-state index >= 15 is 0 Å². The predicted octanol–water partition coefficient (Wildman–Crippen LogP) is 3.01. The Bertz CT molecular complexity index is 895. The molecule has 0 unspecified atom stereocenters. The molecule has 4 rings (SSSR count). The maximum Gasteiger partial charge on any atom is 0.270 e. The molecule has 3 heterocycles. The molecular formula is C21H24N4O. The maximum atomic E-state index is 13.1. The van der Waals surface area contributed by atoms with Gasteiger partial charge in [0.25, 0.3) is 5.91 Å². The van der Waals surface area contributed by atoms with Crippen LogP contribution in [0.2, 0.25) is 0 Å². The van der Waals surface area contributed by atoms with Crippen molar-refractivity contribution in [3.05, 3.63) is 66.1 Å². The normalized spacial score (nSPS) is 15.5. The van der Waals surface area contributed by atoms with E-state index in [0.717, 1.165) is 55.9 Å². The number of carbonyl (C=O) groups is 1. The number of benzene rings is 1. The summed E-state index contributed by atoms with van der Waals surface area (Å²) in [5.74, 6) is 0.143. The molecule has 26 heavy (non-hydrogen) atoms. The molecule has 0 spiro atoms. The molecule has 3 aromatic rings. The molecule has 0 atom stereocenters. The van der Waals surface area contributed by atoms with E-state index in [1.165, 1.54) is 5.56 Å². The fraction of sp³-hybridized carbons (Fsp3) is 0.333. The minimum Gasteiger partial charge on any atom is -0.337 e. The van der Waals surface area contributed by atoms with Gasteiger partial charge in [-0.3, -0.25) is 14.7 Å². The highest BCUT2D eigenvalue weighted by molar-refractivity contribution is 5.98. The van der Waals surface area contributed by atoms with Crippen LogP contribution in [0.3, 0.4) is 0 Å². The molecule has 2 aromatic heterocycles. The lowest BCUT2D eigenvalue weighted by Gasteiger charge is -2.34. The van der Waals surface area contributed by atoms with Crippen LogP contribution in [-0.2, 0) is 13.1 Å². The second kappa shape index (κ2) is 7.30. The number of hydrogen-bond acceptors (Lipinski definition) is 3. The van der Waals surface area contributed by atoms with Crippen LogP contribution in [0, 0.1) is 0 Å². The summed E-state index contributed by atoms with van der Waals surface area (Å²) < 4.78 is 2.12. The summed E-state index contributed by atoms with van der Waals surface area (Å²) in [6.07, 6.45) is 3.71. The number of nitrogens with zero attached hydrogens (tertiary/aromatic N) is 4. The first-order valence-electron chi connectivity index (χ1n) is 9.25. The van der Waals surface area contributed by atoms with E-state index in [0.29, 0.717) is 0 Å². The molecule has 1 fully saturated rings. The number of para-hydroxylation sites is 1. The number of aryl methyl sites for hydroxylation is 1. The first kappa shape index (κ1) is 16.8. The van der Waals surface area contributed by atoms with E-state index in [4.69, 9.17) is 0 Å².